The van der Waals surface area contributed by atoms with Crippen molar-refractivity contribution < 1.29 is 5.11 Å². The lowest BCUT2D eigenvalue weighted by atomic mass is 10.3. The first-order valence-corrected chi connectivity index (χ1v) is 6.22. The Morgan fingerprint density at radius 3 is 2.53 bits per heavy atom. The average molecular weight is 236 g/mol. The van der Waals surface area contributed by atoms with E-state index in [1.807, 2.05) is 19.9 Å². The van der Waals surface area contributed by atoms with Crippen LogP contribution in [0.3, 0.4) is 0 Å². The normalized spacial score (nSPS) is 16.6. The van der Waals surface area contributed by atoms with Gasteiger partial charge in [-0.1, -0.05) is 6.92 Å². The van der Waals surface area contributed by atoms with Crippen molar-refractivity contribution in [3.8, 4) is 0 Å². The second kappa shape index (κ2) is 4.87. The minimum Gasteiger partial charge on any atom is -0.394 e. The van der Waals surface area contributed by atoms with E-state index in [0.717, 1.165) is 43.3 Å². The molecule has 1 aliphatic carbocycles. The van der Waals surface area contributed by atoms with Gasteiger partial charge in [0.05, 0.1) is 12.1 Å². The Balaban J connectivity index is 2.17. The van der Waals surface area contributed by atoms with E-state index in [4.69, 9.17) is 0 Å². The van der Waals surface area contributed by atoms with Crippen molar-refractivity contribution in [2.45, 2.75) is 38.6 Å². The van der Waals surface area contributed by atoms with Gasteiger partial charge >= 0.3 is 0 Å². The minimum absolute atomic E-state index is 0.136. The van der Waals surface area contributed by atoms with Gasteiger partial charge in [0, 0.05) is 19.0 Å². The molecule has 0 bridgehead atoms. The maximum atomic E-state index is 9.30. The van der Waals surface area contributed by atoms with Gasteiger partial charge in [0.1, 0.15) is 17.5 Å². The summed E-state index contributed by atoms with van der Waals surface area (Å²) in [6, 6.07) is 1.90. The summed E-state index contributed by atoms with van der Waals surface area (Å²) in [7, 11) is 0. The summed E-state index contributed by atoms with van der Waals surface area (Å²) in [4.78, 5) is 8.83. The minimum atomic E-state index is -0.136. The smallest absolute Gasteiger partial charge is 0.132 e. The van der Waals surface area contributed by atoms with E-state index in [9.17, 15) is 5.11 Å². The third kappa shape index (κ3) is 2.85. The summed E-state index contributed by atoms with van der Waals surface area (Å²) in [5.41, 5.74) is -0.136. The van der Waals surface area contributed by atoms with Gasteiger partial charge in [-0.15, -0.1) is 0 Å². The van der Waals surface area contributed by atoms with Gasteiger partial charge in [0.25, 0.3) is 0 Å². The van der Waals surface area contributed by atoms with Crippen LogP contribution in [-0.4, -0.2) is 33.8 Å². The fourth-order valence-corrected chi connectivity index (χ4v) is 1.74. The average Bonchev–Trinajstić information content (AvgIpc) is 3.09. The first-order valence-electron chi connectivity index (χ1n) is 6.22. The SMILES string of the molecule is CCNc1cc(NC2(CO)CC2)nc(CC)n1. The molecule has 0 aromatic carbocycles. The molecule has 1 aliphatic rings. The zero-order chi connectivity index (χ0) is 12.3. The molecule has 0 radical (unpaired) electrons. The Morgan fingerprint density at radius 1 is 1.29 bits per heavy atom. The Bertz CT molecular complexity index is 390. The molecule has 0 unspecified atom stereocenters. The number of aromatic nitrogens is 2. The highest BCUT2D eigenvalue weighted by atomic mass is 16.3. The highest BCUT2D eigenvalue weighted by Crippen LogP contribution is 2.38. The molecule has 0 atom stereocenters. The monoisotopic (exact) mass is 236 g/mol. The molecular formula is C12H20N4O. The molecule has 1 heterocycles. The Labute approximate surface area is 102 Å². The van der Waals surface area contributed by atoms with E-state index >= 15 is 0 Å². The van der Waals surface area contributed by atoms with E-state index in [1.165, 1.54) is 0 Å². The van der Waals surface area contributed by atoms with Crippen molar-refractivity contribution in [2.75, 3.05) is 23.8 Å². The maximum Gasteiger partial charge on any atom is 0.132 e. The molecule has 17 heavy (non-hydrogen) atoms. The third-order valence-electron chi connectivity index (χ3n) is 3.00. The molecule has 2 rings (SSSR count). The van der Waals surface area contributed by atoms with Crippen molar-refractivity contribution in [2.24, 2.45) is 0 Å². The van der Waals surface area contributed by atoms with Crippen molar-refractivity contribution in [1.82, 2.24) is 9.97 Å². The zero-order valence-electron chi connectivity index (χ0n) is 10.5. The summed E-state index contributed by atoms with van der Waals surface area (Å²) in [6.45, 7) is 5.07. The van der Waals surface area contributed by atoms with Crippen LogP contribution in [0.5, 0.6) is 0 Å². The van der Waals surface area contributed by atoms with E-state index in [1.54, 1.807) is 0 Å². The molecule has 1 saturated carbocycles. The van der Waals surface area contributed by atoms with Crippen LogP contribution in [0.4, 0.5) is 11.6 Å². The number of aliphatic hydroxyl groups excluding tert-OH is 1. The van der Waals surface area contributed by atoms with Gasteiger partial charge in [-0.2, -0.15) is 0 Å². The topological polar surface area (TPSA) is 70.1 Å². The predicted molar refractivity (Wildman–Crippen MR) is 68.2 cm³/mol. The number of hydrogen-bond donors (Lipinski definition) is 3. The van der Waals surface area contributed by atoms with Crippen LogP contribution in [0.15, 0.2) is 6.07 Å². The van der Waals surface area contributed by atoms with Gasteiger partial charge in [-0.25, -0.2) is 9.97 Å². The lowest BCUT2D eigenvalue weighted by Crippen LogP contribution is -2.26. The Kier molecular flexibility index (Phi) is 3.47. The molecule has 0 spiro atoms. The summed E-state index contributed by atoms with van der Waals surface area (Å²) in [5, 5.41) is 15.8. The molecular weight excluding hydrogens is 216 g/mol. The lowest BCUT2D eigenvalue weighted by molar-refractivity contribution is 0.266. The molecule has 94 valence electrons. The standard InChI is InChI=1S/C12H20N4O/c1-3-9-14-10(13-4-2)7-11(15-9)16-12(8-17)5-6-12/h7,17H,3-6,8H2,1-2H3,(H2,13,14,15,16). The van der Waals surface area contributed by atoms with Crippen LogP contribution >= 0.6 is 0 Å². The summed E-state index contributed by atoms with van der Waals surface area (Å²) < 4.78 is 0. The van der Waals surface area contributed by atoms with E-state index in [0.29, 0.717) is 0 Å². The molecule has 5 nitrogen and oxygen atoms in total. The number of aryl methyl sites for hydroxylation is 1. The Morgan fingerprint density at radius 2 is 2.00 bits per heavy atom. The molecule has 1 aromatic rings. The van der Waals surface area contributed by atoms with Gasteiger partial charge in [0.15, 0.2) is 0 Å². The van der Waals surface area contributed by atoms with Crippen molar-refractivity contribution in [3.63, 3.8) is 0 Å². The van der Waals surface area contributed by atoms with Gasteiger partial charge in [-0.05, 0) is 19.8 Å². The molecule has 0 amide bonds. The highest BCUT2D eigenvalue weighted by Gasteiger charge is 2.42. The maximum absolute atomic E-state index is 9.30. The van der Waals surface area contributed by atoms with Crippen molar-refractivity contribution in [3.05, 3.63) is 11.9 Å². The van der Waals surface area contributed by atoms with Gasteiger partial charge in [0.2, 0.25) is 0 Å². The van der Waals surface area contributed by atoms with Crippen LogP contribution in [0.1, 0.15) is 32.5 Å². The van der Waals surface area contributed by atoms with E-state index in [-0.39, 0.29) is 12.1 Å². The summed E-state index contributed by atoms with van der Waals surface area (Å²) in [6.07, 6.45) is 2.82. The van der Waals surface area contributed by atoms with Crippen LogP contribution < -0.4 is 10.6 Å². The third-order valence-corrected chi connectivity index (χ3v) is 3.00. The number of anilines is 2. The molecule has 0 aliphatic heterocycles. The number of rotatable bonds is 6. The van der Waals surface area contributed by atoms with E-state index in [2.05, 4.69) is 20.6 Å². The van der Waals surface area contributed by atoms with Crippen LogP contribution in [0, 0.1) is 0 Å². The number of aliphatic hydroxyl groups is 1. The largest absolute Gasteiger partial charge is 0.394 e. The number of nitrogens with zero attached hydrogens (tertiary/aromatic N) is 2. The number of nitrogens with one attached hydrogen (secondary N) is 2. The van der Waals surface area contributed by atoms with Gasteiger partial charge < -0.3 is 15.7 Å². The molecule has 0 saturated heterocycles. The van der Waals surface area contributed by atoms with Gasteiger partial charge in [-0.3, -0.25) is 0 Å². The first kappa shape index (κ1) is 12.1. The lowest BCUT2D eigenvalue weighted by Gasteiger charge is -2.16. The van der Waals surface area contributed by atoms with Crippen LogP contribution in [0.25, 0.3) is 0 Å². The predicted octanol–water partition coefficient (Wildman–Crippen LogP) is 1.41. The van der Waals surface area contributed by atoms with Crippen LogP contribution in [0.2, 0.25) is 0 Å². The number of hydrogen-bond acceptors (Lipinski definition) is 5. The summed E-state index contributed by atoms with van der Waals surface area (Å²) >= 11 is 0. The second-order valence-corrected chi connectivity index (χ2v) is 4.50. The fraction of sp³-hybridized carbons (Fsp3) is 0.667. The second-order valence-electron chi connectivity index (χ2n) is 4.50. The molecule has 3 N–H and O–H groups in total. The first-order chi connectivity index (χ1) is 8.21. The molecule has 1 aromatic heterocycles. The van der Waals surface area contributed by atoms with E-state index < -0.39 is 0 Å². The fourth-order valence-electron chi connectivity index (χ4n) is 1.74. The summed E-state index contributed by atoms with van der Waals surface area (Å²) in [5.74, 6) is 2.47. The zero-order valence-corrected chi connectivity index (χ0v) is 10.5. The van der Waals surface area contributed by atoms with Crippen LogP contribution in [-0.2, 0) is 6.42 Å². The van der Waals surface area contributed by atoms with Crippen molar-refractivity contribution >= 4 is 11.6 Å². The highest BCUT2D eigenvalue weighted by molar-refractivity contribution is 5.50. The molecule has 1 fully saturated rings. The Hall–Kier alpha value is -1.36. The molecule has 5 heteroatoms. The van der Waals surface area contributed by atoms with Crippen molar-refractivity contribution in [1.29, 1.82) is 0 Å². The quantitative estimate of drug-likeness (QED) is 0.696.